The Hall–Kier alpha value is -2.97. The second-order valence-electron chi connectivity index (χ2n) is 7.26. The molecule has 0 aliphatic heterocycles. The van der Waals surface area contributed by atoms with E-state index in [1.165, 1.54) is 28.5 Å². The fraction of sp³-hybridized carbons (Fsp3) is 0.292. The van der Waals surface area contributed by atoms with Crippen LogP contribution in [0.15, 0.2) is 64.5 Å². The van der Waals surface area contributed by atoms with E-state index in [0.717, 1.165) is 5.56 Å². The minimum Gasteiger partial charge on any atom is -0.378 e. The van der Waals surface area contributed by atoms with Gasteiger partial charge >= 0.3 is 0 Å². The van der Waals surface area contributed by atoms with E-state index < -0.39 is 11.1 Å². The molecule has 1 heterocycles. The maximum absolute atomic E-state index is 13.9. The Morgan fingerprint density at radius 2 is 1.88 bits per heavy atom. The molecule has 0 aliphatic carbocycles. The van der Waals surface area contributed by atoms with E-state index in [-0.39, 0.29) is 23.8 Å². The molecule has 1 atom stereocenters. The Bertz CT molecular complexity index is 1140. The van der Waals surface area contributed by atoms with Crippen molar-refractivity contribution in [2.24, 2.45) is 7.05 Å². The molecule has 6 nitrogen and oxygen atoms in total. The van der Waals surface area contributed by atoms with Gasteiger partial charge in [-0.3, -0.25) is 14.2 Å². The summed E-state index contributed by atoms with van der Waals surface area (Å²) in [6.45, 7) is 2.04. The smallest absolute Gasteiger partial charge is 0.257 e. The topological polar surface area (TPSA) is 73.2 Å². The lowest BCUT2D eigenvalue weighted by Gasteiger charge is -2.18. The molecular formula is C24H26FN3O3S. The fourth-order valence-corrected chi connectivity index (χ4v) is 4.23. The lowest BCUT2D eigenvalue weighted by Crippen LogP contribution is -2.30. The summed E-state index contributed by atoms with van der Waals surface area (Å²) < 4.78 is 20.7. The monoisotopic (exact) mass is 455 g/mol. The fourth-order valence-electron chi connectivity index (χ4n) is 3.24. The molecule has 0 spiro atoms. The minimum atomic E-state index is -0.553. The molecule has 1 unspecified atom stereocenters. The molecule has 8 heteroatoms. The second kappa shape index (κ2) is 11.1. The van der Waals surface area contributed by atoms with Crippen molar-refractivity contribution in [1.82, 2.24) is 9.55 Å². The van der Waals surface area contributed by atoms with Crippen molar-refractivity contribution >= 4 is 23.4 Å². The van der Waals surface area contributed by atoms with Crippen LogP contribution in [0.3, 0.4) is 0 Å². The van der Waals surface area contributed by atoms with Crippen LogP contribution in [-0.2, 0) is 29.6 Å². The van der Waals surface area contributed by atoms with Crippen LogP contribution in [0, 0.1) is 5.82 Å². The zero-order valence-electron chi connectivity index (χ0n) is 18.3. The molecule has 0 saturated carbocycles. The maximum Gasteiger partial charge on any atom is 0.257 e. The summed E-state index contributed by atoms with van der Waals surface area (Å²) in [5.41, 5.74) is 2.05. The predicted molar refractivity (Wildman–Crippen MR) is 124 cm³/mol. The quantitative estimate of drug-likeness (QED) is 0.387. The Balaban J connectivity index is 1.88. The van der Waals surface area contributed by atoms with Crippen molar-refractivity contribution in [1.29, 1.82) is 0 Å². The Kier molecular flexibility index (Phi) is 8.19. The molecule has 0 saturated heterocycles. The number of thioether (sulfide) groups is 1. The lowest BCUT2D eigenvalue weighted by molar-refractivity contribution is -0.115. The molecule has 0 bridgehead atoms. The van der Waals surface area contributed by atoms with E-state index in [2.05, 4.69) is 10.3 Å². The summed E-state index contributed by atoms with van der Waals surface area (Å²) >= 11 is 1.18. The van der Waals surface area contributed by atoms with Gasteiger partial charge in [0.25, 0.3) is 5.56 Å². The highest BCUT2D eigenvalue weighted by Crippen LogP contribution is 2.26. The number of carbonyl (C=O) groups excluding carboxylic acids is 1. The summed E-state index contributed by atoms with van der Waals surface area (Å²) in [7, 11) is 3.19. The molecule has 1 amide bonds. The first-order chi connectivity index (χ1) is 15.4. The highest BCUT2D eigenvalue weighted by Gasteiger charge is 2.23. The summed E-state index contributed by atoms with van der Waals surface area (Å²) in [6.07, 6.45) is 0.918. The first-order valence-electron chi connectivity index (χ1n) is 10.3. The molecule has 2 aromatic carbocycles. The average Bonchev–Trinajstić information content (AvgIpc) is 2.80. The van der Waals surface area contributed by atoms with Crippen LogP contribution in [0.5, 0.6) is 0 Å². The number of hydrogen-bond acceptors (Lipinski definition) is 5. The van der Waals surface area contributed by atoms with Gasteiger partial charge in [-0.05, 0) is 24.1 Å². The van der Waals surface area contributed by atoms with Crippen LogP contribution >= 0.6 is 11.8 Å². The van der Waals surface area contributed by atoms with E-state index in [1.54, 1.807) is 26.3 Å². The highest BCUT2D eigenvalue weighted by molar-refractivity contribution is 8.00. The third-order valence-corrected chi connectivity index (χ3v) is 6.38. The zero-order valence-corrected chi connectivity index (χ0v) is 19.1. The molecule has 1 N–H and O–H groups in total. The number of aromatic nitrogens is 2. The number of nitrogens with zero attached hydrogens (tertiary/aromatic N) is 2. The van der Waals surface area contributed by atoms with Gasteiger partial charge in [0, 0.05) is 26.1 Å². The van der Waals surface area contributed by atoms with Gasteiger partial charge in [0.2, 0.25) is 5.91 Å². The molecule has 0 radical (unpaired) electrons. The van der Waals surface area contributed by atoms with Crippen molar-refractivity contribution in [3.63, 3.8) is 0 Å². The summed E-state index contributed by atoms with van der Waals surface area (Å²) in [6, 6.07) is 15.7. The standard InChI is InChI=1S/C24H26FN3O3S/c1-4-21(22(29)26-19-13-9-8-12-18(19)25)32-24-27-20(15-31-3)17(23(30)28(24)2)14-16-10-6-5-7-11-16/h5-13,21H,4,14-15H2,1-3H3,(H,26,29). The average molecular weight is 456 g/mol. The van der Waals surface area contributed by atoms with Crippen molar-refractivity contribution in [2.45, 2.75) is 36.8 Å². The Labute approximate surface area is 190 Å². The first-order valence-corrected chi connectivity index (χ1v) is 11.2. The van der Waals surface area contributed by atoms with E-state index in [0.29, 0.717) is 29.3 Å². The predicted octanol–water partition coefficient (Wildman–Crippen LogP) is 4.17. The van der Waals surface area contributed by atoms with Crippen LogP contribution < -0.4 is 10.9 Å². The van der Waals surface area contributed by atoms with Gasteiger partial charge in [-0.1, -0.05) is 61.2 Å². The number of ether oxygens (including phenoxy) is 1. The van der Waals surface area contributed by atoms with Crippen molar-refractivity contribution in [2.75, 3.05) is 12.4 Å². The largest absolute Gasteiger partial charge is 0.378 e. The van der Waals surface area contributed by atoms with Crippen LogP contribution in [0.1, 0.15) is 30.2 Å². The second-order valence-corrected chi connectivity index (χ2v) is 8.43. The number of halogens is 1. The van der Waals surface area contributed by atoms with E-state index in [4.69, 9.17) is 4.74 Å². The van der Waals surface area contributed by atoms with Gasteiger partial charge in [-0.25, -0.2) is 9.37 Å². The number of amides is 1. The minimum absolute atomic E-state index is 0.122. The van der Waals surface area contributed by atoms with Gasteiger partial charge in [-0.15, -0.1) is 0 Å². The molecule has 3 rings (SSSR count). The maximum atomic E-state index is 13.9. The van der Waals surface area contributed by atoms with Crippen molar-refractivity contribution < 1.29 is 13.9 Å². The SMILES string of the molecule is CCC(Sc1nc(COC)c(Cc2ccccc2)c(=O)n1C)C(=O)Nc1ccccc1F. The Morgan fingerprint density at radius 1 is 1.19 bits per heavy atom. The van der Waals surface area contributed by atoms with E-state index in [1.807, 2.05) is 37.3 Å². The van der Waals surface area contributed by atoms with E-state index >= 15 is 0 Å². The summed E-state index contributed by atoms with van der Waals surface area (Å²) in [4.78, 5) is 30.6. The summed E-state index contributed by atoms with van der Waals surface area (Å²) in [5.74, 6) is -0.850. The number of methoxy groups -OCH3 is 1. The molecule has 168 valence electrons. The number of hydrogen-bond donors (Lipinski definition) is 1. The number of nitrogens with one attached hydrogen (secondary N) is 1. The summed E-state index contributed by atoms with van der Waals surface area (Å²) in [5, 5.41) is 2.48. The highest BCUT2D eigenvalue weighted by atomic mass is 32.2. The van der Waals surface area contributed by atoms with Crippen LogP contribution in [0.4, 0.5) is 10.1 Å². The molecular weight excluding hydrogens is 429 g/mol. The molecule has 0 fully saturated rings. The van der Waals surface area contributed by atoms with Crippen molar-refractivity contribution in [3.8, 4) is 0 Å². The number of carbonyl (C=O) groups is 1. The van der Waals surface area contributed by atoms with Crippen LogP contribution in [-0.4, -0.2) is 27.8 Å². The first kappa shape index (κ1) is 23.7. The van der Waals surface area contributed by atoms with Gasteiger partial charge in [0.1, 0.15) is 5.82 Å². The third kappa shape index (κ3) is 5.63. The third-order valence-electron chi connectivity index (χ3n) is 4.98. The number of para-hydroxylation sites is 1. The molecule has 0 aliphatic rings. The van der Waals surface area contributed by atoms with Gasteiger partial charge in [0.15, 0.2) is 5.16 Å². The molecule has 3 aromatic rings. The van der Waals surface area contributed by atoms with Gasteiger partial charge < -0.3 is 10.1 Å². The van der Waals surface area contributed by atoms with Crippen LogP contribution in [0.25, 0.3) is 0 Å². The number of rotatable bonds is 9. The van der Waals surface area contributed by atoms with Gasteiger partial charge in [0.05, 0.1) is 23.2 Å². The van der Waals surface area contributed by atoms with E-state index in [9.17, 15) is 14.0 Å². The van der Waals surface area contributed by atoms with Crippen molar-refractivity contribution in [3.05, 3.63) is 87.6 Å². The zero-order chi connectivity index (χ0) is 23.1. The lowest BCUT2D eigenvalue weighted by atomic mass is 10.0. The molecule has 32 heavy (non-hydrogen) atoms. The number of benzene rings is 2. The number of anilines is 1. The van der Waals surface area contributed by atoms with Crippen LogP contribution in [0.2, 0.25) is 0 Å². The Morgan fingerprint density at radius 3 is 2.53 bits per heavy atom. The normalized spacial score (nSPS) is 11.9. The van der Waals surface area contributed by atoms with Gasteiger partial charge in [-0.2, -0.15) is 0 Å². The molecule has 1 aromatic heterocycles.